The second kappa shape index (κ2) is 8.83. The van der Waals surface area contributed by atoms with Gasteiger partial charge in [0.1, 0.15) is 11.4 Å². The number of pyridine rings is 1. The average molecular weight is 466 g/mol. The Morgan fingerprint density at radius 1 is 1.29 bits per heavy atom. The molecule has 1 saturated heterocycles. The van der Waals surface area contributed by atoms with Crippen LogP contribution in [0.2, 0.25) is 0 Å². The SMILES string of the molecule is Cc1cc(C#N)cc(O)c1-c1ccc2oc(N[C@@H]3C[C@H](O)CN(C(=O)OC(C)(C)C)C3)nc2n1. The molecule has 0 spiro atoms. The maximum absolute atomic E-state index is 12.4. The van der Waals surface area contributed by atoms with Gasteiger partial charge in [-0.3, -0.25) is 0 Å². The summed E-state index contributed by atoms with van der Waals surface area (Å²) in [5.74, 6) is -0.0383. The van der Waals surface area contributed by atoms with Crippen LogP contribution in [0.3, 0.4) is 0 Å². The Bertz CT molecular complexity index is 1250. The third-order valence-electron chi connectivity index (χ3n) is 5.36. The van der Waals surface area contributed by atoms with Crippen molar-refractivity contribution in [3.63, 3.8) is 0 Å². The maximum atomic E-state index is 12.4. The zero-order chi connectivity index (χ0) is 24.6. The smallest absolute Gasteiger partial charge is 0.410 e. The number of carbonyl (C=O) groups excluding carboxylic acids is 1. The van der Waals surface area contributed by atoms with Gasteiger partial charge in [-0.15, -0.1) is 0 Å². The number of benzene rings is 1. The number of rotatable bonds is 3. The predicted molar refractivity (Wildman–Crippen MR) is 124 cm³/mol. The van der Waals surface area contributed by atoms with Crippen molar-refractivity contribution in [3.05, 3.63) is 35.4 Å². The van der Waals surface area contributed by atoms with Crippen LogP contribution >= 0.6 is 0 Å². The van der Waals surface area contributed by atoms with E-state index in [0.717, 1.165) is 0 Å². The Balaban J connectivity index is 1.54. The summed E-state index contributed by atoms with van der Waals surface area (Å²) in [5, 5.41) is 32.9. The second-order valence-corrected chi connectivity index (χ2v) is 9.45. The van der Waals surface area contributed by atoms with E-state index in [1.807, 2.05) is 6.07 Å². The van der Waals surface area contributed by atoms with E-state index in [-0.39, 0.29) is 24.4 Å². The van der Waals surface area contributed by atoms with Gasteiger partial charge in [-0.1, -0.05) is 0 Å². The minimum absolute atomic E-state index is 0.0383. The summed E-state index contributed by atoms with van der Waals surface area (Å²) in [5.41, 5.74) is 2.23. The quantitative estimate of drug-likeness (QED) is 0.528. The number of anilines is 1. The molecule has 34 heavy (non-hydrogen) atoms. The average Bonchev–Trinajstić information content (AvgIpc) is 3.13. The van der Waals surface area contributed by atoms with Gasteiger partial charge in [0, 0.05) is 12.1 Å². The molecule has 3 heterocycles. The lowest BCUT2D eigenvalue weighted by molar-refractivity contribution is 0.00167. The van der Waals surface area contributed by atoms with Crippen molar-refractivity contribution in [2.75, 3.05) is 18.4 Å². The highest BCUT2D eigenvalue weighted by molar-refractivity contribution is 5.79. The molecule has 0 bridgehead atoms. The van der Waals surface area contributed by atoms with E-state index in [1.54, 1.807) is 45.9 Å². The van der Waals surface area contributed by atoms with Gasteiger partial charge in [-0.25, -0.2) is 9.78 Å². The number of piperidine rings is 1. The number of phenolic OH excluding ortho intramolecular Hbond substituents is 1. The number of aliphatic hydroxyl groups excluding tert-OH is 1. The number of nitrogens with one attached hydrogen (secondary N) is 1. The molecule has 0 unspecified atom stereocenters. The number of aryl methyl sites for hydroxylation is 1. The summed E-state index contributed by atoms with van der Waals surface area (Å²) in [6, 6.07) is 8.42. The van der Waals surface area contributed by atoms with Gasteiger partial charge in [-0.05, 0) is 63.9 Å². The zero-order valence-corrected chi connectivity index (χ0v) is 19.5. The molecule has 1 aliphatic rings. The number of hydrogen-bond donors (Lipinski definition) is 3. The molecule has 178 valence electrons. The highest BCUT2D eigenvalue weighted by atomic mass is 16.6. The fourth-order valence-corrected chi connectivity index (χ4v) is 4.01. The molecule has 1 aliphatic heterocycles. The van der Waals surface area contributed by atoms with Crippen LogP contribution in [0.15, 0.2) is 28.7 Å². The topological polar surface area (TPSA) is 145 Å². The lowest BCUT2D eigenvalue weighted by Gasteiger charge is -2.36. The molecular weight excluding hydrogens is 438 g/mol. The summed E-state index contributed by atoms with van der Waals surface area (Å²) in [4.78, 5) is 22.8. The Labute approximate surface area is 196 Å². The number of nitrogens with zero attached hydrogens (tertiary/aromatic N) is 4. The number of ether oxygens (including phenoxy) is 1. The van der Waals surface area contributed by atoms with Crippen LogP contribution < -0.4 is 5.32 Å². The van der Waals surface area contributed by atoms with Crippen LogP contribution in [0.25, 0.3) is 22.5 Å². The molecule has 3 aromatic rings. The van der Waals surface area contributed by atoms with Crippen LogP contribution in [0, 0.1) is 18.3 Å². The number of aliphatic hydroxyl groups is 1. The summed E-state index contributed by atoms with van der Waals surface area (Å²) in [6.45, 7) is 7.68. The lowest BCUT2D eigenvalue weighted by atomic mass is 10.0. The minimum atomic E-state index is -0.713. The number of amides is 1. The first-order chi connectivity index (χ1) is 16.0. The van der Waals surface area contributed by atoms with Gasteiger partial charge in [-0.2, -0.15) is 10.2 Å². The van der Waals surface area contributed by atoms with E-state index in [1.165, 1.54) is 11.0 Å². The van der Waals surface area contributed by atoms with E-state index < -0.39 is 17.8 Å². The van der Waals surface area contributed by atoms with Gasteiger partial charge in [0.15, 0.2) is 5.58 Å². The molecule has 10 heteroatoms. The van der Waals surface area contributed by atoms with Crippen molar-refractivity contribution in [1.29, 1.82) is 5.26 Å². The van der Waals surface area contributed by atoms with Crippen molar-refractivity contribution in [2.24, 2.45) is 0 Å². The number of aromatic nitrogens is 2. The summed E-state index contributed by atoms with van der Waals surface area (Å²) in [7, 11) is 0. The van der Waals surface area contributed by atoms with Gasteiger partial charge < -0.3 is 29.6 Å². The third-order valence-corrected chi connectivity index (χ3v) is 5.36. The van der Waals surface area contributed by atoms with Crippen molar-refractivity contribution in [2.45, 2.75) is 51.9 Å². The number of phenols is 1. The Hall–Kier alpha value is -3.84. The van der Waals surface area contributed by atoms with Crippen molar-refractivity contribution in [1.82, 2.24) is 14.9 Å². The molecule has 0 saturated carbocycles. The van der Waals surface area contributed by atoms with Crippen LogP contribution in [-0.2, 0) is 4.74 Å². The Morgan fingerprint density at radius 2 is 2.06 bits per heavy atom. The van der Waals surface area contributed by atoms with Crippen LogP contribution in [0.5, 0.6) is 5.75 Å². The normalized spacial score (nSPS) is 18.5. The molecular formula is C24H27N5O5. The van der Waals surface area contributed by atoms with Crippen molar-refractivity contribution in [3.8, 4) is 23.1 Å². The maximum Gasteiger partial charge on any atom is 0.410 e. The molecule has 0 aliphatic carbocycles. The van der Waals surface area contributed by atoms with Gasteiger partial charge in [0.2, 0.25) is 5.65 Å². The standard InChI is InChI=1S/C24H27N5O5/c1-13-7-14(10-25)8-18(31)20(13)17-5-6-19-21(27-17)28-22(33-19)26-15-9-16(30)12-29(11-15)23(32)34-24(2,3)4/h5-8,15-16,30-31H,9,11-12H2,1-4H3,(H,26,27,28)/t15-,16+/m1/s1. The molecule has 1 aromatic carbocycles. The third kappa shape index (κ3) is 5.05. The fourth-order valence-electron chi connectivity index (χ4n) is 4.01. The Kier molecular flexibility index (Phi) is 6.06. The van der Waals surface area contributed by atoms with Crippen molar-refractivity contribution >= 4 is 23.3 Å². The number of carbonyl (C=O) groups is 1. The van der Waals surface area contributed by atoms with E-state index >= 15 is 0 Å². The number of aromatic hydroxyl groups is 1. The largest absolute Gasteiger partial charge is 0.507 e. The molecule has 4 rings (SSSR count). The molecule has 10 nitrogen and oxygen atoms in total. The van der Waals surface area contributed by atoms with Gasteiger partial charge >= 0.3 is 6.09 Å². The fraction of sp³-hybridized carbons (Fsp3) is 0.417. The zero-order valence-electron chi connectivity index (χ0n) is 19.5. The molecule has 2 atom stereocenters. The molecule has 0 radical (unpaired) electrons. The van der Waals surface area contributed by atoms with Crippen LogP contribution in [0.4, 0.5) is 10.8 Å². The number of hydrogen-bond acceptors (Lipinski definition) is 9. The monoisotopic (exact) mass is 465 g/mol. The van der Waals surface area contributed by atoms with Crippen molar-refractivity contribution < 1.29 is 24.2 Å². The highest BCUT2D eigenvalue weighted by Crippen LogP contribution is 2.33. The predicted octanol–water partition coefficient (Wildman–Crippen LogP) is 3.56. The lowest BCUT2D eigenvalue weighted by Crippen LogP contribution is -2.52. The van der Waals surface area contributed by atoms with Gasteiger partial charge in [0.25, 0.3) is 6.01 Å². The summed E-state index contributed by atoms with van der Waals surface area (Å²) >= 11 is 0. The molecule has 1 fully saturated rings. The number of β-amino-alcohol motifs (C(OH)–C–C–N with tert-alkyl or cyclic N) is 1. The summed E-state index contributed by atoms with van der Waals surface area (Å²) in [6.07, 6.45) is -0.788. The molecule has 1 amide bonds. The van der Waals surface area contributed by atoms with Crippen LogP contribution in [-0.4, -0.2) is 62.0 Å². The first-order valence-corrected chi connectivity index (χ1v) is 11.0. The van der Waals surface area contributed by atoms with E-state index in [4.69, 9.17) is 14.4 Å². The molecule has 3 N–H and O–H groups in total. The minimum Gasteiger partial charge on any atom is -0.507 e. The second-order valence-electron chi connectivity index (χ2n) is 9.45. The van der Waals surface area contributed by atoms with E-state index in [0.29, 0.717) is 46.6 Å². The number of likely N-dealkylation sites (tertiary alicyclic amines) is 1. The highest BCUT2D eigenvalue weighted by Gasteiger charge is 2.32. The van der Waals surface area contributed by atoms with E-state index in [9.17, 15) is 15.0 Å². The number of oxazole rings is 1. The number of fused-ring (bicyclic) bond motifs is 1. The van der Waals surface area contributed by atoms with E-state index in [2.05, 4.69) is 15.3 Å². The summed E-state index contributed by atoms with van der Waals surface area (Å²) < 4.78 is 11.2. The first kappa shape index (κ1) is 23.3. The van der Waals surface area contributed by atoms with Gasteiger partial charge in [0.05, 0.1) is 36.0 Å². The number of nitriles is 1. The Morgan fingerprint density at radius 3 is 2.74 bits per heavy atom. The van der Waals surface area contributed by atoms with Crippen LogP contribution in [0.1, 0.15) is 38.3 Å². The first-order valence-electron chi connectivity index (χ1n) is 11.0. The molecule has 2 aromatic heterocycles.